The SMILES string of the molecule is O=C1C(=O)N(C[C@H]2CCCO2)[C@@H](c2ccccc2[N+](=O)[O-])C1=C(O)c1ccccc1. The van der Waals surface area contributed by atoms with Crippen LogP contribution in [0.3, 0.4) is 0 Å². The summed E-state index contributed by atoms with van der Waals surface area (Å²) in [5.74, 6) is -2.02. The fourth-order valence-corrected chi connectivity index (χ4v) is 4.04. The van der Waals surface area contributed by atoms with E-state index in [2.05, 4.69) is 0 Å². The van der Waals surface area contributed by atoms with Crippen molar-refractivity contribution in [1.82, 2.24) is 4.90 Å². The van der Waals surface area contributed by atoms with Gasteiger partial charge in [0.15, 0.2) is 0 Å². The highest BCUT2D eigenvalue weighted by molar-refractivity contribution is 6.46. The van der Waals surface area contributed by atoms with Gasteiger partial charge in [-0.15, -0.1) is 0 Å². The number of ketones is 1. The number of aliphatic hydroxyl groups excluding tert-OH is 1. The van der Waals surface area contributed by atoms with E-state index in [0.29, 0.717) is 12.2 Å². The first-order valence-corrected chi connectivity index (χ1v) is 9.67. The molecule has 0 unspecified atom stereocenters. The average Bonchev–Trinajstić information content (AvgIpc) is 3.36. The van der Waals surface area contributed by atoms with E-state index in [0.717, 1.165) is 12.8 Å². The van der Waals surface area contributed by atoms with Crippen molar-refractivity contribution in [3.8, 4) is 0 Å². The Hall–Kier alpha value is -3.52. The number of benzene rings is 2. The number of nitro benzene ring substituents is 1. The molecule has 0 spiro atoms. The number of ether oxygens (including phenoxy) is 1. The smallest absolute Gasteiger partial charge is 0.295 e. The highest BCUT2D eigenvalue weighted by Gasteiger charge is 2.48. The number of hydrogen-bond acceptors (Lipinski definition) is 6. The largest absolute Gasteiger partial charge is 0.507 e. The summed E-state index contributed by atoms with van der Waals surface area (Å²) >= 11 is 0. The lowest BCUT2D eigenvalue weighted by Crippen LogP contribution is -2.36. The van der Waals surface area contributed by atoms with Gasteiger partial charge in [-0.2, -0.15) is 0 Å². The molecule has 0 radical (unpaired) electrons. The van der Waals surface area contributed by atoms with Crippen LogP contribution in [0, 0.1) is 10.1 Å². The summed E-state index contributed by atoms with van der Waals surface area (Å²) < 4.78 is 5.62. The van der Waals surface area contributed by atoms with Crippen LogP contribution in [-0.4, -0.2) is 45.9 Å². The third-order valence-corrected chi connectivity index (χ3v) is 5.44. The Labute approximate surface area is 172 Å². The molecule has 2 heterocycles. The number of nitrogens with zero attached hydrogens (tertiary/aromatic N) is 2. The predicted molar refractivity (Wildman–Crippen MR) is 108 cm³/mol. The Balaban J connectivity index is 1.89. The molecule has 8 nitrogen and oxygen atoms in total. The predicted octanol–water partition coefficient (Wildman–Crippen LogP) is 3.20. The van der Waals surface area contributed by atoms with Crippen LogP contribution < -0.4 is 0 Å². The van der Waals surface area contributed by atoms with Gasteiger partial charge in [-0.25, -0.2) is 0 Å². The van der Waals surface area contributed by atoms with Crippen molar-refractivity contribution < 1.29 is 24.4 Å². The molecule has 2 aromatic carbocycles. The molecule has 2 aromatic rings. The van der Waals surface area contributed by atoms with E-state index in [1.54, 1.807) is 36.4 Å². The summed E-state index contributed by atoms with van der Waals surface area (Å²) in [6, 6.07) is 13.2. The fourth-order valence-electron chi connectivity index (χ4n) is 4.04. The standard InChI is InChI=1S/C22H20N2O6/c25-20(14-7-2-1-3-8-14)18-19(16-10-4-5-11-17(16)24(28)29)23(22(27)21(18)26)13-15-9-6-12-30-15/h1-5,7-8,10-11,15,19,25H,6,9,12-13H2/t15-,19+/m1/s1. The van der Waals surface area contributed by atoms with Crippen molar-refractivity contribution >= 4 is 23.1 Å². The molecule has 2 aliphatic heterocycles. The maximum absolute atomic E-state index is 12.9. The van der Waals surface area contributed by atoms with Gasteiger partial charge in [-0.1, -0.05) is 42.5 Å². The van der Waals surface area contributed by atoms with Crippen LogP contribution in [0.5, 0.6) is 0 Å². The van der Waals surface area contributed by atoms with E-state index in [1.165, 1.54) is 23.1 Å². The molecule has 2 fully saturated rings. The number of carbonyl (C=O) groups excluding carboxylic acids is 2. The number of para-hydroxylation sites is 1. The van der Waals surface area contributed by atoms with Gasteiger partial charge in [0.05, 0.1) is 28.2 Å². The quantitative estimate of drug-likeness (QED) is 0.267. The second-order valence-electron chi connectivity index (χ2n) is 7.27. The van der Waals surface area contributed by atoms with E-state index in [1.807, 2.05) is 0 Å². The van der Waals surface area contributed by atoms with Crippen molar-refractivity contribution in [3.05, 3.63) is 81.4 Å². The third kappa shape index (κ3) is 3.46. The van der Waals surface area contributed by atoms with Crippen LogP contribution in [0.4, 0.5) is 5.69 Å². The van der Waals surface area contributed by atoms with Gasteiger partial charge in [0.1, 0.15) is 5.76 Å². The Morgan fingerprint density at radius 1 is 1.13 bits per heavy atom. The lowest BCUT2D eigenvalue weighted by atomic mass is 9.94. The summed E-state index contributed by atoms with van der Waals surface area (Å²) in [6.07, 6.45) is 1.31. The van der Waals surface area contributed by atoms with Crippen LogP contribution in [0.1, 0.15) is 30.0 Å². The Bertz CT molecular complexity index is 1030. The van der Waals surface area contributed by atoms with Gasteiger partial charge in [0, 0.05) is 24.8 Å². The first-order chi connectivity index (χ1) is 14.5. The summed E-state index contributed by atoms with van der Waals surface area (Å²) in [4.78, 5) is 38.2. The van der Waals surface area contributed by atoms with E-state index in [4.69, 9.17) is 4.74 Å². The minimum atomic E-state index is -1.07. The highest BCUT2D eigenvalue weighted by atomic mass is 16.6. The van der Waals surface area contributed by atoms with Crippen LogP contribution in [0.25, 0.3) is 5.76 Å². The molecular weight excluding hydrogens is 388 g/mol. The zero-order valence-corrected chi connectivity index (χ0v) is 16.1. The zero-order chi connectivity index (χ0) is 21.3. The molecule has 1 amide bonds. The molecule has 30 heavy (non-hydrogen) atoms. The van der Waals surface area contributed by atoms with Crippen molar-refractivity contribution in [3.63, 3.8) is 0 Å². The number of aliphatic hydroxyl groups is 1. The lowest BCUT2D eigenvalue weighted by Gasteiger charge is -2.27. The van der Waals surface area contributed by atoms with Crippen LogP contribution in [0.2, 0.25) is 0 Å². The minimum absolute atomic E-state index is 0.118. The first-order valence-electron chi connectivity index (χ1n) is 9.67. The maximum Gasteiger partial charge on any atom is 0.295 e. The van der Waals surface area contributed by atoms with Gasteiger partial charge >= 0.3 is 0 Å². The molecule has 2 atom stereocenters. The molecule has 0 bridgehead atoms. The van der Waals surface area contributed by atoms with Crippen LogP contribution >= 0.6 is 0 Å². The van der Waals surface area contributed by atoms with E-state index in [-0.39, 0.29) is 35.2 Å². The molecule has 0 aliphatic carbocycles. The van der Waals surface area contributed by atoms with E-state index in [9.17, 15) is 24.8 Å². The molecular formula is C22H20N2O6. The maximum atomic E-state index is 12.9. The summed E-state index contributed by atoms with van der Waals surface area (Å²) in [5.41, 5.74) is 0.160. The normalized spacial score (nSPS) is 23.1. The topological polar surface area (TPSA) is 110 Å². The van der Waals surface area contributed by atoms with Crippen LogP contribution in [-0.2, 0) is 14.3 Å². The van der Waals surface area contributed by atoms with Crippen molar-refractivity contribution in [2.24, 2.45) is 0 Å². The van der Waals surface area contributed by atoms with Crippen molar-refractivity contribution in [2.45, 2.75) is 25.0 Å². The van der Waals surface area contributed by atoms with Crippen molar-refractivity contribution in [2.75, 3.05) is 13.2 Å². The first kappa shape index (κ1) is 19.8. The monoisotopic (exact) mass is 408 g/mol. The van der Waals surface area contributed by atoms with Crippen molar-refractivity contribution in [1.29, 1.82) is 0 Å². The number of nitro groups is 1. The Kier molecular flexibility index (Phi) is 5.33. The number of carbonyl (C=O) groups is 2. The molecule has 0 saturated carbocycles. The van der Waals surface area contributed by atoms with Gasteiger partial charge < -0.3 is 14.7 Å². The van der Waals surface area contributed by atoms with Gasteiger partial charge in [0.25, 0.3) is 17.4 Å². The van der Waals surface area contributed by atoms with Gasteiger partial charge in [-0.05, 0) is 18.9 Å². The minimum Gasteiger partial charge on any atom is -0.507 e. The molecule has 4 rings (SSSR count). The van der Waals surface area contributed by atoms with Crippen LogP contribution in [0.15, 0.2) is 60.2 Å². The molecule has 0 aromatic heterocycles. The number of likely N-dealkylation sites (tertiary alicyclic amines) is 1. The molecule has 154 valence electrons. The zero-order valence-electron chi connectivity index (χ0n) is 16.1. The van der Waals surface area contributed by atoms with E-state index < -0.39 is 22.7 Å². The molecule has 2 aliphatic rings. The molecule has 1 N–H and O–H groups in total. The summed E-state index contributed by atoms with van der Waals surface area (Å²) in [6.45, 7) is 0.682. The number of rotatable bonds is 5. The van der Waals surface area contributed by atoms with Gasteiger partial charge in [0.2, 0.25) is 0 Å². The second kappa shape index (κ2) is 8.08. The summed E-state index contributed by atoms with van der Waals surface area (Å²) in [7, 11) is 0. The number of hydrogen-bond donors (Lipinski definition) is 1. The molecule has 2 saturated heterocycles. The Morgan fingerprint density at radius 2 is 1.83 bits per heavy atom. The third-order valence-electron chi connectivity index (χ3n) is 5.44. The van der Waals surface area contributed by atoms with Gasteiger partial charge in [-0.3, -0.25) is 19.7 Å². The Morgan fingerprint density at radius 3 is 2.50 bits per heavy atom. The number of Topliss-reactive ketones (excluding diaryl/α,β-unsaturated/α-hetero) is 1. The fraction of sp³-hybridized carbons (Fsp3) is 0.273. The van der Waals surface area contributed by atoms with E-state index >= 15 is 0 Å². The highest BCUT2D eigenvalue weighted by Crippen LogP contribution is 2.42. The lowest BCUT2D eigenvalue weighted by molar-refractivity contribution is -0.385. The number of amides is 1. The second-order valence-corrected chi connectivity index (χ2v) is 7.27. The summed E-state index contributed by atoms with van der Waals surface area (Å²) in [5, 5.41) is 22.6. The average molecular weight is 408 g/mol. The molecule has 8 heteroatoms.